The average Bonchev–Trinajstić information content (AvgIpc) is 2.85. The van der Waals surface area contributed by atoms with Crippen molar-refractivity contribution in [3.63, 3.8) is 0 Å². The van der Waals surface area contributed by atoms with Gasteiger partial charge in [0.1, 0.15) is 11.3 Å². The summed E-state index contributed by atoms with van der Waals surface area (Å²) in [6, 6.07) is 3.40. The van der Waals surface area contributed by atoms with E-state index in [4.69, 9.17) is 16.3 Å². The van der Waals surface area contributed by atoms with Crippen LogP contribution in [0, 0.1) is 0 Å². The van der Waals surface area contributed by atoms with Gasteiger partial charge in [-0.1, -0.05) is 11.6 Å². The summed E-state index contributed by atoms with van der Waals surface area (Å²) in [5.74, 6) is 0. The van der Waals surface area contributed by atoms with E-state index in [1.54, 1.807) is 39.1 Å². The molecule has 2 aromatic rings. The first-order valence-electron chi connectivity index (χ1n) is 7.11. The molecule has 130 valence electrons. The topological polar surface area (TPSA) is 60.2 Å². The fourth-order valence-corrected chi connectivity index (χ4v) is 2.10. The summed E-state index contributed by atoms with van der Waals surface area (Å²) in [6.07, 6.45) is 0.814. The number of rotatable bonds is 4. The second kappa shape index (κ2) is 7.12. The van der Waals surface area contributed by atoms with Gasteiger partial charge in [0.15, 0.2) is 5.15 Å². The van der Waals surface area contributed by atoms with Crippen LogP contribution in [0.5, 0.6) is 0 Å². The van der Waals surface area contributed by atoms with Crippen LogP contribution in [0.2, 0.25) is 5.15 Å². The molecule has 0 aliphatic heterocycles. The quantitative estimate of drug-likeness (QED) is 0.831. The summed E-state index contributed by atoms with van der Waals surface area (Å²) < 4.78 is 32.3. The molecule has 9 heteroatoms. The van der Waals surface area contributed by atoms with E-state index < -0.39 is 24.7 Å². The van der Waals surface area contributed by atoms with Gasteiger partial charge < -0.3 is 4.74 Å². The van der Waals surface area contributed by atoms with Crippen molar-refractivity contribution in [3.05, 3.63) is 35.9 Å². The lowest BCUT2D eigenvalue weighted by molar-refractivity contribution is 0.0543. The Morgan fingerprint density at radius 3 is 2.71 bits per heavy atom. The molecule has 2 rings (SSSR count). The number of ether oxygens (including phenoxy) is 1. The van der Waals surface area contributed by atoms with Gasteiger partial charge in [-0.3, -0.25) is 9.88 Å². The standard InChI is InChI=1S/C15H17ClF2N4O2/c1-15(2,3)24-14(23)21(9-12(17)18)11-8-22(20-13(11)16)10-5-4-6-19-7-10/h4-8,12H,9H2,1-3H3. The molecular formula is C15H17ClF2N4O2. The van der Waals surface area contributed by atoms with E-state index in [1.807, 2.05) is 0 Å². The minimum Gasteiger partial charge on any atom is -0.443 e. The molecular weight excluding hydrogens is 342 g/mol. The third kappa shape index (κ3) is 4.64. The van der Waals surface area contributed by atoms with Gasteiger partial charge in [-0.25, -0.2) is 18.3 Å². The van der Waals surface area contributed by atoms with Crippen molar-refractivity contribution in [1.29, 1.82) is 0 Å². The molecule has 0 spiro atoms. The van der Waals surface area contributed by atoms with Gasteiger partial charge in [0.05, 0.1) is 24.6 Å². The smallest absolute Gasteiger partial charge is 0.415 e. The van der Waals surface area contributed by atoms with Crippen LogP contribution < -0.4 is 4.90 Å². The van der Waals surface area contributed by atoms with Crippen LogP contribution in [0.15, 0.2) is 30.7 Å². The minimum absolute atomic E-state index is 0.0371. The first-order valence-corrected chi connectivity index (χ1v) is 7.49. The fraction of sp³-hybridized carbons (Fsp3) is 0.400. The number of amides is 1. The average molecular weight is 359 g/mol. The molecule has 0 aliphatic carbocycles. The maximum atomic E-state index is 12.9. The van der Waals surface area contributed by atoms with Crippen molar-refractivity contribution in [2.75, 3.05) is 11.4 Å². The highest BCUT2D eigenvalue weighted by atomic mass is 35.5. The molecule has 0 unspecified atom stereocenters. The SMILES string of the molecule is CC(C)(C)OC(=O)N(CC(F)F)c1cn(-c2cccnc2)nc1Cl. The van der Waals surface area contributed by atoms with E-state index in [1.165, 1.54) is 17.1 Å². The summed E-state index contributed by atoms with van der Waals surface area (Å²) in [6.45, 7) is 4.08. The van der Waals surface area contributed by atoms with Crippen LogP contribution in [0.1, 0.15) is 20.8 Å². The molecule has 0 N–H and O–H groups in total. The molecule has 0 saturated heterocycles. The van der Waals surface area contributed by atoms with E-state index in [0.717, 1.165) is 4.90 Å². The Morgan fingerprint density at radius 1 is 1.46 bits per heavy atom. The Morgan fingerprint density at radius 2 is 2.17 bits per heavy atom. The molecule has 0 atom stereocenters. The van der Waals surface area contributed by atoms with Gasteiger partial charge in [-0.15, -0.1) is 0 Å². The molecule has 0 aromatic carbocycles. The van der Waals surface area contributed by atoms with Gasteiger partial charge in [0, 0.05) is 6.20 Å². The lowest BCUT2D eigenvalue weighted by Gasteiger charge is -2.26. The minimum atomic E-state index is -2.75. The second-order valence-corrected chi connectivity index (χ2v) is 6.30. The predicted octanol–water partition coefficient (Wildman–Crippen LogP) is 3.93. The van der Waals surface area contributed by atoms with E-state index in [0.29, 0.717) is 5.69 Å². The first kappa shape index (κ1) is 18.1. The normalized spacial score (nSPS) is 11.6. The van der Waals surface area contributed by atoms with Crippen molar-refractivity contribution in [2.45, 2.75) is 32.8 Å². The van der Waals surface area contributed by atoms with Crippen molar-refractivity contribution in [1.82, 2.24) is 14.8 Å². The predicted molar refractivity (Wildman–Crippen MR) is 86.0 cm³/mol. The number of carbonyl (C=O) groups is 1. The van der Waals surface area contributed by atoms with Gasteiger partial charge in [-0.2, -0.15) is 5.10 Å². The van der Waals surface area contributed by atoms with Crippen LogP contribution in [0.3, 0.4) is 0 Å². The Balaban J connectivity index is 2.36. The lowest BCUT2D eigenvalue weighted by Crippen LogP contribution is -2.39. The maximum Gasteiger partial charge on any atom is 0.415 e. The summed E-state index contributed by atoms with van der Waals surface area (Å²) in [7, 11) is 0. The third-order valence-electron chi connectivity index (χ3n) is 2.79. The molecule has 1 amide bonds. The number of alkyl halides is 2. The second-order valence-electron chi connectivity index (χ2n) is 5.94. The van der Waals surface area contributed by atoms with Gasteiger partial charge >= 0.3 is 6.09 Å². The molecule has 0 saturated carbocycles. The van der Waals surface area contributed by atoms with Crippen molar-refractivity contribution < 1.29 is 18.3 Å². The molecule has 0 aliphatic rings. The van der Waals surface area contributed by atoms with E-state index in [-0.39, 0.29) is 10.8 Å². The van der Waals surface area contributed by atoms with Crippen LogP contribution in [-0.4, -0.2) is 39.4 Å². The summed E-state index contributed by atoms with van der Waals surface area (Å²) in [5, 5.41) is 3.94. The Kier molecular flexibility index (Phi) is 5.38. The Bertz CT molecular complexity index is 701. The van der Waals surface area contributed by atoms with E-state index in [9.17, 15) is 13.6 Å². The zero-order valence-electron chi connectivity index (χ0n) is 13.4. The summed E-state index contributed by atoms with van der Waals surface area (Å²) in [5.41, 5.74) is -0.217. The van der Waals surface area contributed by atoms with Crippen LogP contribution in [0.25, 0.3) is 5.69 Å². The van der Waals surface area contributed by atoms with Crippen molar-refractivity contribution in [2.24, 2.45) is 0 Å². The molecule has 2 heterocycles. The van der Waals surface area contributed by atoms with Crippen LogP contribution in [0.4, 0.5) is 19.3 Å². The third-order valence-corrected chi connectivity index (χ3v) is 3.06. The number of pyridine rings is 1. The number of anilines is 1. The highest BCUT2D eigenvalue weighted by molar-refractivity contribution is 6.32. The van der Waals surface area contributed by atoms with Crippen molar-refractivity contribution >= 4 is 23.4 Å². The highest BCUT2D eigenvalue weighted by Crippen LogP contribution is 2.28. The van der Waals surface area contributed by atoms with Gasteiger partial charge in [-0.05, 0) is 32.9 Å². The zero-order valence-corrected chi connectivity index (χ0v) is 14.2. The van der Waals surface area contributed by atoms with Crippen molar-refractivity contribution in [3.8, 4) is 5.69 Å². The molecule has 0 fully saturated rings. The molecule has 6 nitrogen and oxygen atoms in total. The maximum absolute atomic E-state index is 12.9. The number of halogens is 3. The molecule has 2 aromatic heterocycles. The van der Waals surface area contributed by atoms with E-state index in [2.05, 4.69) is 10.1 Å². The molecule has 0 radical (unpaired) electrons. The van der Waals surface area contributed by atoms with Gasteiger partial charge in [0.2, 0.25) is 0 Å². The number of hydrogen-bond acceptors (Lipinski definition) is 4. The summed E-state index contributed by atoms with van der Waals surface area (Å²) in [4.78, 5) is 17.0. The fourth-order valence-electron chi connectivity index (χ4n) is 1.87. The zero-order chi connectivity index (χ0) is 17.9. The first-order chi connectivity index (χ1) is 11.2. The lowest BCUT2D eigenvalue weighted by atomic mass is 10.2. The molecule has 24 heavy (non-hydrogen) atoms. The van der Waals surface area contributed by atoms with Crippen LogP contribution >= 0.6 is 11.6 Å². The number of aromatic nitrogens is 3. The Labute approximate surface area is 143 Å². The largest absolute Gasteiger partial charge is 0.443 e. The number of hydrogen-bond donors (Lipinski definition) is 0. The molecule has 0 bridgehead atoms. The number of nitrogens with zero attached hydrogens (tertiary/aromatic N) is 4. The van der Waals surface area contributed by atoms with E-state index >= 15 is 0 Å². The van der Waals surface area contributed by atoms with Gasteiger partial charge in [0.25, 0.3) is 6.43 Å². The highest BCUT2D eigenvalue weighted by Gasteiger charge is 2.29. The number of carbonyl (C=O) groups excluding carboxylic acids is 1. The summed E-state index contributed by atoms with van der Waals surface area (Å²) >= 11 is 6.04. The van der Waals surface area contributed by atoms with Crippen LogP contribution in [-0.2, 0) is 4.74 Å². The Hall–Kier alpha value is -2.22. The monoisotopic (exact) mass is 358 g/mol.